The van der Waals surface area contributed by atoms with Gasteiger partial charge in [0.05, 0.1) is 0 Å². The smallest absolute Gasteiger partial charge is 0.265 e. The third-order valence-corrected chi connectivity index (χ3v) is 3.38. The Balaban J connectivity index is 2.05. The first kappa shape index (κ1) is 16.2. The maximum absolute atomic E-state index is 13.5. The number of amides is 1. The highest BCUT2D eigenvalue weighted by atomic mass is 19.1. The van der Waals surface area contributed by atoms with Crippen LogP contribution in [0.2, 0.25) is 0 Å². The van der Waals surface area contributed by atoms with Crippen LogP contribution in [0.5, 0.6) is 0 Å². The average Bonchev–Trinajstić information content (AvgIpc) is 2.50. The predicted octanol–water partition coefficient (Wildman–Crippen LogP) is 3.84. The van der Waals surface area contributed by atoms with Crippen LogP contribution in [0.15, 0.2) is 42.5 Å². The topological polar surface area (TPSA) is 41.1 Å². The normalized spacial score (nSPS) is 10.5. The number of halogens is 1. The van der Waals surface area contributed by atoms with Crippen molar-refractivity contribution in [1.82, 2.24) is 10.9 Å². The van der Waals surface area contributed by atoms with E-state index in [1.165, 1.54) is 12.1 Å². The molecule has 0 aromatic heterocycles. The molecule has 0 spiro atoms. The number of hydrogen-bond acceptors (Lipinski definition) is 2. The van der Waals surface area contributed by atoms with Gasteiger partial charge in [0.25, 0.3) is 5.91 Å². The van der Waals surface area contributed by atoms with Crippen LogP contribution in [0, 0.1) is 12.7 Å². The van der Waals surface area contributed by atoms with Crippen LogP contribution in [0.25, 0.3) is 11.1 Å². The highest BCUT2D eigenvalue weighted by molar-refractivity contribution is 5.94. The summed E-state index contributed by atoms with van der Waals surface area (Å²) in [6.45, 7) is 4.70. The number of carbonyl (C=O) groups is 1. The molecular weight excluding hydrogens is 279 g/mol. The Morgan fingerprint density at radius 1 is 1.09 bits per heavy atom. The summed E-state index contributed by atoms with van der Waals surface area (Å²) in [6, 6.07) is 12.1. The molecule has 116 valence electrons. The molecule has 2 aromatic carbocycles. The van der Waals surface area contributed by atoms with Gasteiger partial charge in [-0.15, -0.1) is 0 Å². The number of hydrogen-bond donors (Lipinski definition) is 2. The molecule has 3 nitrogen and oxygen atoms in total. The maximum Gasteiger partial charge on any atom is 0.265 e. The summed E-state index contributed by atoms with van der Waals surface area (Å²) >= 11 is 0. The molecule has 0 unspecified atom stereocenters. The largest absolute Gasteiger partial charge is 0.287 e. The van der Waals surface area contributed by atoms with Crippen molar-refractivity contribution >= 4 is 5.91 Å². The Bertz CT molecular complexity index is 618. The lowest BCUT2D eigenvalue weighted by molar-refractivity contribution is 0.0933. The van der Waals surface area contributed by atoms with E-state index in [0.717, 1.165) is 36.1 Å². The highest BCUT2D eigenvalue weighted by Gasteiger charge is 2.06. The summed E-state index contributed by atoms with van der Waals surface area (Å²) in [7, 11) is 0. The number of rotatable bonds is 6. The van der Waals surface area contributed by atoms with E-state index in [1.54, 1.807) is 12.1 Å². The molecule has 2 N–H and O–H groups in total. The second kappa shape index (κ2) is 7.71. The lowest BCUT2D eigenvalue weighted by Gasteiger charge is -2.08. The van der Waals surface area contributed by atoms with Gasteiger partial charge in [0.15, 0.2) is 0 Å². The van der Waals surface area contributed by atoms with Crippen LogP contribution < -0.4 is 10.9 Å². The van der Waals surface area contributed by atoms with E-state index in [9.17, 15) is 9.18 Å². The molecule has 1 amide bonds. The SMILES string of the molecule is CCCCNNC(=O)c1ccc(-c2cc(C)cc(F)c2)cc1. The summed E-state index contributed by atoms with van der Waals surface area (Å²) in [4.78, 5) is 11.9. The summed E-state index contributed by atoms with van der Waals surface area (Å²) in [6.07, 6.45) is 2.09. The minimum Gasteiger partial charge on any atom is -0.287 e. The molecule has 0 atom stereocenters. The van der Waals surface area contributed by atoms with Gasteiger partial charge in [-0.1, -0.05) is 31.5 Å². The molecule has 0 radical (unpaired) electrons. The van der Waals surface area contributed by atoms with Crippen molar-refractivity contribution in [3.8, 4) is 11.1 Å². The van der Waals surface area contributed by atoms with E-state index < -0.39 is 0 Å². The minimum absolute atomic E-state index is 0.168. The number of aryl methyl sites for hydroxylation is 1. The molecule has 4 heteroatoms. The molecule has 2 aromatic rings. The molecule has 0 fully saturated rings. The zero-order valence-electron chi connectivity index (χ0n) is 12.9. The van der Waals surface area contributed by atoms with Crippen molar-refractivity contribution in [2.24, 2.45) is 0 Å². The van der Waals surface area contributed by atoms with Crippen LogP contribution in [-0.2, 0) is 0 Å². The maximum atomic E-state index is 13.5. The number of nitrogens with one attached hydrogen (secondary N) is 2. The Morgan fingerprint density at radius 2 is 1.82 bits per heavy atom. The van der Waals surface area contributed by atoms with E-state index in [2.05, 4.69) is 17.8 Å². The molecule has 0 aliphatic heterocycles. The van der Waals surface area contributed by atoms with Gasteiger partial charge in [0.2, 0.25) is 0 Å². The predicted molar refractivity (Wildman–Crippen MR) is 86.9 cm³/mol. The van der Waals surface area contributed by atoms with E-state index >= 15 is 0 Å². The van der Waals surface area contributed by atoms with E-state index in [0.29, 0.717) is 5.56 Å². The fourth-order valence-corrected chi connectivity index (χ4v) is 2.20. The van der Waals surface area contributed by atoms with Crippen molar-refractivity contribution in [1.29, 1.82) is 0 Å². The number of carbonyl (C=O) groups excluding carboxylic acids is 1. The number of unbranched alkanes of at least 4 members (excludes halogenated alkanes) is 1. The van der Waals surface area contributed by atoms with Gasteiger partial charge in [0, 0.05) is 12.1 Å². The molecule has 0 bridgehead atoms. The van der Waals surface area contributed by atoms with E-state index in [4.69, 9.17) is 0 Å². The lowest BCUT2D eigenvalue weighted by Crippen LogP contribution is -2.37. The van der Waals surface area contributed by atoms with Gasteiger partial charge in [-0.05, 0) is 54.3 Å². The van der Waals surface area contributed by atoms with Crippen LogP contribution in [0.3, 0.4) is 0 Å². The average molecular weight is 300 g/mol. The number of hydrazine groups is 1. The van der Waals surface area contributed by atoms with Gasteiger partial charge < -0.3 is 0 Å². The minimum atomic E-state index is -0.253. The van der Waals surface area contributed by atoms with Crippen LogP contribution in [-0.4, -0.2) is 12.5 Å². The fourth-order valence-electron chi connectivity index (χ4n) is 2.20. The van der Waals surface area contributed by atoms with Crippen LogP contribution in [0.1, 0.15) is 35.7 Å². The third kappa shape index (κ3) is 4.40. The Labute approximate surface area is 130 Å². The highest BCUT2D eigenvalue weighted by Crippen LogP contribution is 2.22. The molecule has 2 rings (SSSR count). The van der Waals surface area contributed by atoms with Crippen molar-refractivity contribution in [3.05, 3.63) is 59.4 Å². The van der Waals surface area contributed by atoms with Crippen LogP contribution in [0.4, 0.5) is 4.39 Å². The summed E-state index contributed by atoms with van der Waals surface area (Å²) in [5.74, 6) is -0.421. The van der Waals surface area contributed by atoms with Gasteiger partial charge in [0.1, 0.15) is 5.82 Å². The molecule has 0 aliphatic rings. The van der Waals surface area contributed by atoms with Crippen molar-refractivity contribution in [2.75, 3.05) is 6.54 Å². The molecule has 22 heavy (non-hydrogen) atoms. The first-order valence-electron chi connectivity index (χ1n) is 7.51. The standard InChI is InChI=1S/C18H21FN2O/c1-3-4-9-20-21-18(22)15-7-5-14(6-8-15)16-10-13(2)11-17(19)12-16/h5-8,10-12,20H,3-4,9H2,1-2H3,(H,21,22). The van der Waals surface area contributed by atoms with Crippen molar-refractivity contribution in [2.45, 2.75) is 26.7 Å². The lowest BCUT2D eigenvalue weighted by atomic mass is 10.0. The zero-order chi connectivity index (χ0) is 15.9. The van der Waals surface area contributed by atoms with E-state index in [-0.39, 0.29) is 11.7 Å². The first-order valence-corrected chi connectivity index (χ1v) is 7.51. The van der Waals surface area contributed by atoms with Gasteiger partial charge in [-0.25, -0.2) is 9.82 Å². The Morgan fingerprint density at radius 3 is 2.45 bits per heavy atom. The zero-order valence-corrected chi connectivity index (χ0v) is 12.9. The van der Waals surface area contributed by atoms with Crippen molar-refractivity contribution in [3.63, 3.8) is 0 Å². The van der Waals surface area contributed by atoms with Gasteiger partial charge in [-0.2, -0.15) is 0 Å². The molecule has 0 saturated heterocycles. The van der Waals surface area contributed by atoms with Crippen LogP contribution >= 0.6 is 0 Å². The Kier molecular flexibility index (Phi) is 5.67. The summed E-state index contributed by atoms with van der Waals surface area (Å²) in [5, 5.41) is 0. The van der Waals surface area contributed by atoms with Gasteiger partial charge >= 0.3 is 0 Å². The monoisotopic (exact) mass is 300 g/mol. The second-order valence-corrected chi connectivity index (χ2v) is 5.33. The summed E-state index contributed by atoms with van der Waals surface area (Å²) < 4.78 is 13.5. The second-order valence-electron chi connectivity index (χ2n) is 5.33. The third-order valence-electron chi connectivity index (χ3n) is 3.38. The Hall–Kier alpha value is -2.20. The van der Waals surface area contributed by atoms with Crippen molar-refractivity contribution < 1.29 is 9.18 Å². The van der Waals surface area contributed by atoms with Gasteiger partial charge in [-0.3, -0.25) is 10.2 Å². The molecular formula is C18H21FN2O. The quantitative estimate of drug-likeness (QED) is 0.629. The molecule has 0 heterocycles. The fraction of sp³-hybridized carbons (Fsp3) is 0.278. The molecule has 0 saturated carbocycles. The number of benzene rings is 2. The first-order chi connectivity index (χ1) is 10.6. The molecule has 0 aliphatic carbocycles. The van der Waals surface area contributed by atoms with E-state index in [1.807, 2.05) is 25.1 Å². The summed E-state index contributed by atoms with van der Waals surface area (Å²) in [5.41, 5.74) is 8.70.